The van der Waals surface area contributed by atoms with Gasteiger partial charge in [0.05, 0.1) is 0 Å². The van der Waals surface area contributed by atoms with Crippen LogP contribution in [0.1, 0.15) is 12.5 Å². The second-order valence-corrected chi connectivity index (χ2v) is 3.46. The van der Waals surface area contributed by atoms with Gasteiger partial charge in [0.25, 0.3) is 0 Å². The first-order chi connectivity index (χ1) is 10.3. The molecule has 25 heavy (non-hydrogen) atoms. The standard InChI is InChI=1S/C8H9F.3BF4.K.H/c1-2-7-3-5-8(9)6-4-7;3*2-1(3,4)5;;/h3-6H,2H2,1H3;;;;;/q;3*-1;;. The first kappa shape index (κ1) is 32.8. The molecule has 1 aromatic rings. The Bertz CT molecular complexity index is 367. The van der Waals surface area contributed by atoms with E-state index in [1.54, 1.807) is 12.1 Å². The van der Waals surface area contributed by atoms with Crippen LogP contribution in [-0.4, -0.2) is 73.1 Å². The van der Waals surface area contributed by atoms with Gasteiger partial charge in [0.2, 0.25) is 0 Å². The Labute approximate surface area is 177 Å². The van der Waals surface area contributed by atoms with Crippen molar-refractivity contribution in [2.45, 2.75) is 13.3 Å². The Morgan fingerprint density at radius 1 is 0.600 bits per heavy atom. The van der Waals surface area contributed by atoms with Crippen molar-refractivity contribution in [3.05, 3.63) is 35.6 Å². The van der Waals surface area contributed by atoms with E-state index in [-0.39, 0.29) is 57.2 Å². The maximum absolute atomic E-state index is 12.2. The molecule has 0 saturated heterocycles. The molecule has 1 rings (SSSR count). The molecule has 0 aliphatic carbocycles. The topological polar surface area (TPSA) is 0 Å². The minimum atomic E-state index is -6.00. The number of rotatable bonds is 1. The molecule has 0 aliphatic rings. The van der Waals surface area contributed by atoms with Crippen molar-refractivity contribution in [1.29, 1.82) is 0 Å². The summed E-state index contributed by atoms with van der Waals surface area (Å²) in [5.74, 6) is -0.160. The summed E-state index contributed by atoms with van der Waals surface area (Å²) >= 11 is 0. The van der Waals surface area contributed by atoms with Crippen molar-refractivity contribution in [2.75, 3.05) is 0 Å². The van der Waals surface area contributed by atoms with Crippen molar-refractivity contribution < 1.29 is 56.2 Å². The average Bonchev–Trinajstić information content (AvgIpc) is 2.23. The molecule has 0 aromatic heterocycles. The summed E-state index contributed by atoms with van der Waals surface area (Å²) in [5.41, 5.74) is 1.18. The molecule has 0 fully saturated rings. The van der Waals surface area contributed by atoms with Crippen LogP contribution >= 0.6 is 0 Å². The fourth-order valence-corrected chi connectivity index (χ4v) is 0.720. The van der Waals surface area contributed by atoms with Gasteiger partial charge in [0.1, 0.15) is 5.82 Å². The zero-order valence-electron chi connectivity index (χ0n) is 11.7. The van der Waals surface area contributed by atoms with Gasteiger partial charge in [0.15, 0.2) is 0 Å². The fraction of sp³-hybridized carbons (Fsp3) is 0.250. The Hall–Kier alpha value is 0.141. The quantitative estimate of drug-likeness (QED) is 0.404. The first-order valence-electron chi connectivity index (χ1n) is 5.69. The Balaban J connectivity index is -0.000000122. The van der Waals surface area contributed by atoms with Crippen LogP contribution in [0.15, 0.2) is 24.3 Å². The molecule has 0 unspecified atom stereocenters. The van der Waals surface area contributed by atoms with Gasteiger partial charge in [-0.25, -0.2) is 4.39 Å². The van der Waals surface area contributed by atoms with Gasteiger partial charge >= 0.3 is 73.1 Å². The predicted molar refractivity (Wildman–Crippen MR) is 73.5 cm³/mol. The summed E-state index contributed by atoms with van der Waals surface area (Å²) in [5, 5.41) is 0. The molecule has 0 aliphatic heterocycles. The molecule has 0 nitrogen and oxygen atoms in total. The maximum atomic E-state index is 12.2. The van der Waals surface area contributed by atoms with Gasteiger partial charge in [0, 0.05) is 0 Å². The van der Waals surface area contributed by atoms with Crippen molar-refractivity contribution in [2.24, 2.45) is 0 Å². The number of halogens is 13. The SMILES string of the molecule is CCc1ccc(F)cc1.F[B-](F)(F)F.F[B-](F)(F)F.F[B-](F)(F)F.[KH]. The molecule has 0 bridgehead atoms. The normalized spacial score (nSPS) is 10.6. The van der Waals surface area contributed by atoms with Crippen LogP contribution in [-0.2, 0) is 6.42 Å². The van der Waals surface area contributed by atoms with Crippen LogP contribution in [0.3, 0.4) is 0 Å². The summed E-state index contributed by atoms with van der Waals surface area (Å²) < 4.78 is 129. The second kappa shape index (κ2) is 15.2. The summed E-state index contributed by atoms with van der Waals surface area (Å²) in [4.78, 5) is 0. The molecule has 0 heterocycles. The summed E-state index contributed by atoms with van der Waals surface area (Å²) in [6.07, 6.45) is 0.972. The van der Waals surface area contributed by atoms with E-state index in [0.29, 0.717) is 0 Å². The van der Waals surface area contributed by atoms with Gasteiger partial charge in [-0.1, -0.05) is 19.1 Å². The van der Waals surface area contributed by atoms with Gasteiger partial charge in [-0.05, 0) is 24.1 Å². The van der Waals surface area contributed by atoms with E-state index in [4.69, 9.17) is 0 Å². The molecule has 17 heteroatoms. The third kappa shape index (κ3) is 80.3. The zero-order valence-corrected chi connectivity index (χ0v) is 11.7. The van der Waals surface area contributed by atoms with E-state index in [9.17, 15) is 56.2 Å². The second-order valence-electron chi connectivity index (χ2n) is 3.46. The van der Waals surface area contributed by atoms with Gasteiger partial charge < -0.3 is 51.8 Å². The number of aryl methyl sites for hydroxylation is 1. The van der Waals surface area contributed by atoms with Crippen LogP contribution in [0, 0.1) is 5.82 Å². The van der Waals surface area contributed by atoms with Gasteiger partial charge in [-0.15, -0.1) is 0 Å². The van der Waals surface area contributed by atoms with E-state index in [0.717, 1.165) is 6.42 Å². The monoisotopic (exact) mass is 425 g/mol. The van der Waals surface area contributed by atoms with E-state index in [1.807, 2.05) is 6.92 Å². The molecule has 1 aromatic carbocycles. The molecule has 0 amide bonds. The van der Waals surface area contributed by atoms with Crippen molar-refractivity contribution in [3.63, 3.8) is 0 Å². The number of benzene rings is 1. The molecule has 0 radical (unpaired) electrons. The van der Waals surface area contributed by atoms with E-state index >= 15 is 0 Å². The van der Waals surface area contributed by atoms with Crippen molar-refractivity contribution in [1.82, 2.24) is 0 Å². The molecular weight excluding hydrogens is 415 g/mol. The molecule has 146 valence electrons. The van der Waals surface area contributed by atoms with Crippen molar-refractivity contribution >= 4 is 73.1 Å². The fourth-order valence-electron chi connectivity index (χ4n) is 0.720. The van der Waals surface area contributed by atoms with Crippen LogP contribution in [0.25, 0.3) is 0 Å². The zero-order chi connectivity index (χ0) is 20.2. The molecule has 0 saturated carbocycles. The number of hydrogen-bond donors (Lipinski definition) is 0. The average molecular weight is 425 g/mol. The molecular formula is C8H10B3F13K-3. The van der Waals surface area contributed by atoms with Crippen LogP contribution < -0.4 is 0 Å². The Morgan fingerprint density at radius 3 is 0.960 bits per heavy atom. The van der Waals surface area contributed by atoms with Crippen LogP contribution in [0.5, 0.6) is 0 Å². The minimum absolute atomic E-state index is 0. The third-order valence-electron chi connectivity index (χ3n) is 1.32. The van der Waals surface area contributed by atoms with Crippen LogP contribution in [0.4, 0.5) is 56.2 Å². The van der Waals surface area contributed by atoms with Gasteiger partial charge in [-0.3, -0.25) is 0 Å². The molecule has 0 spiro atoms. The molecule has 0 N–H and O–H groups in total. The third-order valence-corrected chi connectivity index (χ3v) is 1.32. The summed E-state index contributed by atoms with van der Waals surface area (Å²) in [6.45, 7) is 2.05. The first-order valence-corrected chi connectivity index (χ1v) is 5.69. The van der Waals surface area contributed by atoms with E-state index in [1.165, 1.54) is 17.7 Å². The van der Waals surface area contributed by atoms with Crippen molar-refractivity contribution in [3.8, 4) is 0 Å². The van der Waals surface area contributed by atoms with Crippen LogP contribution in [0.2, 0.25) is 0 Å². The number of hydrogen-bond acceptors (Lipinski definition) is 0. The predicted octanol–water partition coefficient (Wildman–Crippen LogP) is 5.64. The summed E-state index contributed by atoms with van der Waals surface area (Å²) in [7, 11) is -18.0. The Morgan fingerprint density at radius 2 is 0.800 bits per heavy atom. The van der Waals surface area contributed by atoms with E-state index in [2.05, 4.69) is 0 Å². The summed E-state index contributed by atoms with van der Waals surface area (Å²) in [6, 6.07) is 6.57. The molecule has 0 atom stereocenters. The Kier molecular flexibility index (Phi) is 20.0. The van der Waals surface area contributed by atoms with E-state index < -0.39 is 21.8 Å². The van der Waals surface area contributed by atoms with Gasteiger partial charge in [-0.2, -0.15) is 0 Å².